The second kappa shape index (κ2) is 10.1. The topological polar surface area (TPSA) is 96.5 Å². The van der Waals surface area contributed by atoms with E-state index in [1.54, 1.807) is 30.9 Å². The lowest BCUT2D eigenvalue weighted by atomic mass is 10.1. The Morgan fingerprint density at radius 1 is 1.06 bits per heavy atom. The summed E-state index contributed by atoms with van der Waals surface area (Å²) in [7, 11) is 3.18. The highest BCUT2D eigenvalue weighted by molar-refractivity contribution is 7.98. The second-order valence-electron chi connectivity index (χ2n) is 7.14. The molecule has 0 amide bonds. The summed E-state index contributed by atoms with van der Waals surface area (Å²) in [5.74, 6) is 1.83. The lowest BCUT2D eigenvalue weighted by Gasteiger charge is -2.13. The number of hydrogen-bond donors (Lipinski definition) is 0. The van der Waals surface area contributed by atoms with Gasteiger partial charge in [0.2, 0.25) is 0 Å². The van der Waals surface area contributed by atoms with Crippen molar-refractivity contribution < 1.29 is 14.4 Å². The highest BCUT2D eigenvalue weighted by Gasteiger charge is 2.14. The van der Waals surface area contributed by atoms with Crippen LogP contribution in [0, 0.1) is 10.1 Å². The molecule has 0 unspecified atom stereocenters. The average molecular weight is 484 g/mol. The molecule has 8 nitrogen and oxygen atoms in total. The number of ether oxygens (including phenoxy) is 2. The van der Waals surface area contributed by atoms with Crippen LogP contribution in [0.1, 0.15) is 11.1 Å². The molecule has 2 aromatic heterocycles. The van der Waals surface area contributed by atoms with Crippen molar-refractivity contribution in [2.75, 3.05) is 14.2 Å². The maximum Gasteiger partial charge on any atom is 0.272 e. The fourth-order valence-electron chi connectivity index (χ4n) is 3.37. The zero-order valence-electron chi connectivity index (χ0n) is 18.0. The number of benzene rings is 2. The molecular formula is C23H21N3O5S2. The third-order valence-electron chi connectivity index (χ3n) is 5.12. The quantitative estimate of drug-likeness (QED) is 0.144. The van der Waals surface area contributed by atoms with E-state index in [2.05, 4.69) is 0 Å². The Balaban J connectivity index is 1.59. The van der Waals surface area contributed by atoms with Gasteiger partial charge in [0.25, 0.3) is 11.2 Å². The first-order chi connectivity index (χ1) is 16.0. The zero-order chi connectivity index (χ0) is 23.4. The molecule has 170 valence electrons. The minimum absolute atomic E-state index is 0.0494. The van der Waals surface area contributed by atoms with E-state index in [0.717, 1.165) is 11.1 Å². The number of aromatic nitrogens is 2. The van der Waals surface area contributed by atoms with E-state index in [1.165, 1.54) is 35.2 Å². The molecule has 2 heterocycles. The van der Waals surface area contributed by atoms with Gasteiger partial charge in [0.1, 0.15) is 4.70 Å². The summed E-state index contributed by atoms with van der Waals surface area (Å²) in [6, 6.07) is 14.0. The molecule has 4 aromatic rings. The van der Waals surface area contributed by atoms with E-state index < -0.39 is 4.92 Å². The summed E-state index contributed by atoms with van der Waals surface area (Å²) in [6.45, 7) is 0.456. The standard InChI is InChI=1S/C23H21N3O5S2/c1-30-19-8-5-15(13-20(19)31-2)9-11-25-22(27)21-18(10-12-32-21)24-23(25)33-14-16-3-6-17(7-4-16)26(28)29/h3-8,10,12-13H,9,11,14H2,1-2H3. The number of methoxy groups -OCH3 is 2. The van der Waals surface area contributed by atoms with Crippen molar-refractivity contribution in [3.05, 3.63) is 85.5 Å². The van der Waals surface area contributed by atoms with Gasteiger partial charge in [-0.2, -0.15) is 0 Å². The number of rotatable bonds is 9. The molecule has 0 N–H and O–H groups in total. The Kier molecular flexibility index (Phi) is 6.95. The van der Waals surface area contributed by atoms with Gasteiger partial charge in [0.15, 0.2) is 16.7 Å². The number of thioether (sulfide) groups is 1. The summed E-state index contributed by atoms with van der Waals surface area (Å²) in [6.07, 6.45) is 0.615. The van der Waals surface area contributed by atoms with E-state index in [4.69, 9.17) is 14.5 Å². The minimum atomic E-state index is -0.422. The van der Waals surface area contributed by atoms with Gasteiger partial charge >= 0.3 is 0 Å². The molecule has 0 bridgehead atoms. The van der Waals surface area contributed by atoms with Crippen LogP contribution in [0.3, 0.4) is 0 Å². The van der Waals surface area contributed by atoms with Crippen LogP contribution < -0.4 is 15.0 Å². The molecule has 0 aliphatic rings. The Hall–Kier alpha value is -3.37. The number of aryl methyl sites for hydroxylation is 1. The normalized spacial score (nSPS) is 11.0. The van der Waals surface area contributed by atoms with Crippen LogP contribution in [0.15, 0.2) is 63.9 Å². The molecule has 33 heavy (non-hydrogen) atoms. The summed E-state index contributed by atoms with van der Waals surface area (Å²) in [5, 5.41) is 13.4. The van der Waals surface area contributed by atoms with E-state index in [9.17, 15) is 14.9 Å². The lowest BCUT2D eigenvalue weighted by Crippen LogP contribution is -2.23. The first-order valence-electron chi connectivity index (χ1n) is 10.0. The Labute approximate surface area is 198 Å². The third kappa shape index (κ3) is 5.01. The summed E-state index contributed by atoms with van der Waals surface area (Å²) >= 11 is 2.82. The minimum Gasteiger partial charge on any atom is -0.493 e. The largest absolute Gasteiger partial charge is 0.493 e. The maximum atomic E-state index is 13.2. The van der Waals surface area contributed by atoms with E-state index in [1.807, 2.05) is 29.6 Å². The van der Waals surface area contributed by atoms with Crippen molar-refractivity contribution in [2.24, 2.45) is 0 Å². The molecule has 0 spiro atoms. The molecule has 0 saturated carbocycles. The van der Waals surface area contributed by atoms with E-state index >= 15 is 0 Å². The van der Waals surface area contributed by atoms with E-state index in [0.29, 0.717) is 45.6 Å². The first kappa shape index (κ1) is 22.8. The molecule has 0 fully saturated rings. The van der Waals surface area contributed by atoms with Crippen LogP contribution in [-0.4, -0.2) is 28.7 Å². The monoisotopic (exact) mass is 483 g/mol. The smallest absolute Gasteiger partial charge is 0.272 e. The van der Waals surface area contributed by atoms with Crippen molar-refractivity contribution in [1.82, 2.24) is 9.55 Å². The number of fused-ring (bicyclic) bond motifs is 1. The maximum absolute atomic E-state index is 13.2. The average Bonchev–Trinajstić information content (AvgIpc) is 3.31. The Morgan fingerprint density at radius 2 is 1.79 bits per heavy atom. The predicted octanol–water partition coefficient (Wildman–Crippen LogP) is 4.92. The third-order valence-corrected chi connectivity index (χ3v) is 7.06. The van der Waals surface area contributed by atoms with Gasteiger partial charge < -0.3 is 9.47 Å². The number of nitro groups is 1. The first-order valence-corrected chi connectivity index (χ1v) is 11.9. The fraction of sp³-hybridized carbons (Fsp3) is 0.217. The summed E-state index contributed by atoms with van der Waals surface area (Å²) < 4.78 is 13.0. The second-order valence-corrected chi connectivity index (χ2v) is 9.00. The SMILES string of the molecule is COc1ccc(CCn2c(SCc3ccc([N+](=O)[O-])cc3)nc3ccsc3c2=O)cc1OC. The van der Waals surface area contributed by atoms with Crippen molar-refractivity contribution in [2.45, 2.75) is 23.9 Å². The van der Waals surface area contributed by atoms with Gasteiger partial charge in [-0.1, -0.05) is 30.0 Å². The highest BCUT2D eigenvalue weighted by Crippen LogP contribution is 2.29. The van der Waals surface area contributed by atoms with Gasteiger partial charge in [-0.05, 0) is 41.1 Å². The van der Waals surface area contributed by atoms with Crippen molar-refractivity contribution in [1.29, 1.82) is 0 Å². The van der Waals surface area contributed by atoms with Crippen LogP contribution in [-0.2, 0) is 18.7 Å². The van der Waals surface area contributed by atoms with Gasteiger partial charge in [-0.25, -0.2) is 4.98 Å². The molecular weight excluding hydrogens is 462 g/mol. The Bertz CT molecular complexity index is 1350. The van der Waals surface area contributed by atoms with Crippen LogP contribution >= 0.6 is 23.1 Å². The number of hydrogen-bond acceptors (Lipinski definition) is 8. The predicted molar refractivity (Wildman–Crippen MR) is 130 cm³/mol. The van der Waals surface area contributed by atoms with Crippen molar-refractivity contribution in [3.8, 4) is 11.5 Å². The van der Waals surface area contributed by atoms with E-state index in [-0.39, 0.29) is 11.2 Å². The number of nitrogens with zero attached hydrogens (tertiary/aromatic N) is 3. The lowest BCUT2D eigenvalue weighted by molar-refractivity contribution is -0.384. The summed E-state index contributed by atoms with van der Waals surface area (Å²) in [5.41, 5.74) is 2.59. The molecule has 0 radical (unpaired) electrons. The Morgan fingerprint density at radius 3 is 2.48 bits per heavy atom. The van der Waals surface area contributed by atoms with Crippen LogP contribution in [0.4, 0.5) is 5.69 Å². The molecule has 0 saturated heterocycles. The van der Waals surface area contributed by atoms with Gasteiger partial charge in [-0.15, -0.1) is 11.3 Å². The van der Waals surface area contributed by atoms with Crippen LogP contribution in [0.25, 0.3) is 10.2 Å². The molecule has 2 aromatic carbocycles. The highest BCUT2D eigenvalue weighted by atomic mass is 32.2. The van der Waals surface area contributed by atoms with Crippen molar-refractivity contribution >= 4 is 39.0 Å². The summed E-state index contributed by atoms with van der Waals surface area (Å²) in [4.78, 5) is 28.4. The zero-order valence-corrected chi connectivity index (χ0v) is 19.6. The van der Waals surface area contributed by atoms with Gasteiger partial charge in [0, 0.05) is 24.4 Å². The number of thiophene rings is 1. The molecule has 0 aliphatic heterocycles. The molecule has 10 heteroatoms. The molecule has 4 rings (SSSR count). The number of non-ortho nitro benzene ring substituents is 1. The van der Waals surface area contributed by atoms with Gasteiger partial charge in [-0.3, -0.25) is 19.5 Å². The number of nitro benzene ring substituents is 1. The molecule has 0 atom stereocenters. The molecule has 0 aliphatic carbocycles. The van der Waals surface area contributed by atoms with Crippen molar-refractivity contribution in [3.63, 3.8) is 0 Å². The van der Waals surface area contributed by atoms with Crippen LogP contribution in [0.2, 0.25) is 0 Å². The van der Waals surface area contributed by atoms with Crippen LogP contribution in [0.5, 0.6) is 11.5 Å². The van der Waals surface area contributed by atoms with Gasteiger partial charge in [0.05, 0.1) is 24.7 Å². The fourth-order valence-corrected chi connectivity index (χ4v) is 5.13.